The largest absolute Gasteiger partial charge is 0.444 e. The number of aromatic nitrogens is 4. The van der Waals surface area contributed by atoms with Crippen molar-refractivity contribution >= 4 is 45.3 Å². The van der Waals surface area contributed by atoms with E-state index in [2.05, 4.69) is 20.0 Å². The molecule has 0 N–H and O–H groups in total. The molecule has 0 bridgehead atoms. The van der Waals surface area contributed by atoms with Crippen LogP contribution in [0.15, 0.2) is 36.7 Å². The molecule has 5 rings (SSSR count). The maximum atomic E-state index is 14.6. The summed E-state index contributed by atoms with van der Waals surface area (Å²) < 4.78 is 21.7. The lowest BCUT2D eigenvalue weighted by Crippen LogP contribution is -2.55. The zero-order valence-corrected chi connectivity index (χ0v) is 21.7. The lowest BCUT2D eigenvalue weighted by Gasteiger charge is -2.41. The molecule has 4 heterocycles. The van der Waals surface area contributed by atoms with Crippen LogP contribution in [0.2, 0.25) is 5.02 Å². The zero-order valence-electron chi connectivity index (χ0n) is 20.9. The van der Waals surface area contributed by atoms with Gasteiger partial charge in [-0.15, -0.1) is 0 Å². The molecule has 3 aromatic heterocycles. The molecule has 1 saturated heterocycles. The van der Waals surface area contributed by atoms with Gasteiger partial charge in [0, 0.05) is 55.3 Å². The smallest absolute Gasteiger partial charge is 0.410 e. The van der Waals surface area contributed by atoms with Crippen LogP contribution in [-0.4, -0.2) is 62.0 Å². The van der Waals surface area contributed by atoms with Crippen LogP contribution < -0.4 is 4.90 Å². The van der Waals surface area contributed by atoms with Crippen LogP contribution in [0.1, 0.15) is 27.7 Å². The summed E-state index contributed by atoms with van der Waals surface area (Å²) >= 11 is 6.82. The first kappa shape index (κ1) is 24.2. The van der Waals surface area contributed by atoms with Crippen molar-refractivity contribution in [1.29, 1.82) is 0 Å². The number of anilines is 1. The van der Waals surface area contributed by atoms with Crippen LogP contribution in [0, 0.1) is 5.82 Å². The van der Waals surface area contributed by atoms with Gasteiger partial charge in [0.2, 0.25) is 0 Å². The van der Waals surface area contributed by atoms with Crippen LogP contribution in [0.25, 0.3) is 33.2 Å². The van der Waals surface area contributed by atoms with E-state index in [-0.39, 0.29) is 12.1 Å². The molecule has 1 amide bonds. The molecule has 1 fully saturated rings. The first-order chi connectivity index (χ1) is 17.0. The third kappa shape index (κ3) is 4.55. The molecule has 0 spiro atoms. The summed E-state index contributed by atoms with van der Waals surface area (Å²) in [6.07, 6.45) is 3.17. The van der Waals surface area contributed by atoms with Crippen molar-refractivity contribution in [3.8, 4) is 11.3 Å². The third-order valence-electron chi connectivity index (χ3n) is 6.21. The molecule has 0 unspecified atom stereocenters. The highest BCUT2D eigenvalue weighted by molar-refractivity contribution is 6.37. The van der Waals surface area contributed by atoms with Gasteiger partial charge in [0.15, 0.2) is 11.5 Å². The minimum absolute atomic E-state index is 0.0573. The molecule has 0 radical (unpaired) electrons. The Morgan fingerprint density at radius 3 is 2.72 bits per heavy atom. The van der Waals surface area contributed by atoms with Crippen molar-refractivity contribution in [2.45, 2.75) is 39.3 Å². The van der Waals surface area contributed by atoms with Gasteiger partial charge in [-0.25, -0.2) is 19.2 Å². The maximum absolute atomic E-state index is 14.6. The highest BCUT2D eigenvalue weighted by Gasteiger charge is 2.32. The minimum atomic E-state index is -0.541. The molecule has 188 valence electrons. The summed E-state index contributed by atoms with van der Waals surface area (Å²) in [4.78, 5) is 25.7. The first-order valence-corrected chi connectivity index (χ1v) is 12.2. The van der Waals surface area contributed by atoms with Crippen LogP contribution in [-0.2, 0) is 11.8 Å². The number of carbonyl (C=O) groups is 1. The average Bonchev–Trinajstić information content (AvgIpc) is 3.18. The van der Waals surface area contributed by atoms with Crippen LogP contribution >= 0.6 is 11.6 Å². The number of benzene rings is 1. The van der Waals surface area contributed by atoms with E-state index in [1.807, 2.05) is 45.9 Å². The number of hydrogen-bond donors (Lipinski definition) is 0. The van der Waals surface area contributed by atoms with E-state index >= 15 is 0 Å². The van der Waals surface area contributed by atoms with E-state index in [0.717, 1.165) is 5.69 Å². The highest BCUT2D eigenvalue weighted by Crippen LogP contribution is 2.34. The van der Waals surface area contributed by atoms with Crippen molar-refractivity contribution in [3.05, 3.63) is 47.5 Å². The van der Waals surface area contributed by atoms with Crippen LogP contribution in [0.3, 0.4) is 0 Å². The number of ether oxygens (including phenoxy) is 1. The van der Waals surface area contributed by atoms with Crippen LogP contribution in [0.4, 0.5) is 14.9 Å². The van der Waals surface area contributed by atoms with Gasteiger partial charge in [0.1, 0.15) is 11.1 Å². The molecular weight excluding hydrogens is 483 g/mol. The van der Waals surface area contributed by atoms with Crippen molar-refractivity contribution in [2.75, 3.05) is 24.5 Å². The fraction of sp³-hybridized carbons (Fsp3) is 0.385. The number of hydrogen-bond acceptors (Lipinski definition) is 6. The Morgan fingerprint density at radius 2 is 2.00 bits per heavy atom. The number of halogens is 2. The van der Waals surface area contributed by atoms with Gasteiger partial charge in [0.05, 0.1) is 22.6 Å². The second kappa shape index (κ2) is 8.89. The normalized spacial score (nSPS) is 16.7. The molecule has 36 heavy (non-hydrogen) atoms. The van der Waals surface area contributed by atoms with E-state index in [1.165, 1.54) is 6.07 Å². The van der Waals surface area contributed by atoms with Crippen molar-refractivity contribution in [3.63, 3.8) is 0 Å². The predicted octanol–water partition coefficient (Wildman–Crippen LogP) is 5.42. The van der Waals surface area contributed by atoms with Crippen molar-refractivity contribution < 1.29 is 13.9 Å². The monoisotopic (exact) mass is 510 g/mol. The van der Waals surface area contributed by atoms with Gasteiger partial charge < -0.3 is 14.5 Å². The SMILES string of the molecule is C[C@H]1CN(c2cnc3nc(-c4cc(F)c5nn(C)cc5c4)ccc3c2Cl)CCN1C(=O)OC(C)(C)C. The number of carbonyl (C=O) groups excluding carboxylic acids is 1. The number of rotatable bonds is 2. The van der Waals surface area contributed by atoms with Gasteiger partial charge in [-0.3, -0.25) is 4.68 Å². The van der Waals surface area contributed by atoms with E-state index in [1.54, 1.807) is 29.0 Å². The van der Waals surface area contributed by atoms with E-state index in [0.29, 0.717) is 57.9 Å². The Bertz CT molecular complexity index is 1480. The Labute approximate surface area is 213 Å². The summed E-state index contributed by atoms with van der Waals surface area (Å²) in [5, 5.41) is 6.12. The van der Waals surface area contributed by atoms with Gasteiger partial charge in [-0.2, -0.15) is 5.10 Å². The zero-order chi connectivity index (χ0) is 25.8. The van der Waals surface area contributed by atoms with Crippen molar-refractivity contribution in [2.24, 2.45) is 7.05 Å². The molecule has 1 atom stereocenters. The highest BCUT2D eigenvalue weighted by atomic mass is 35.5. The van der Waals surface area contributed by atoms with Gasteiger partial charge in [-0.05, 0) is 52.0 Å². The number of fused-ring (bicyclic) bond motifs is 2. The number of piperazine rings is 1. The molecule has 1 aliphatic rings. The summed E-state index contributed by atoms with van der Waals surface area (Å²) in [6, 6.07) is 6.92. The standard InChI is InChI=1S/C26H28ClFN6O2/c1-15-13-33(8-9-34(15)25(35)36-26(2,3)4)21-12-29-24-18(22(21)27)6-7-20(30-24)16-10-17-14-32(5)31-23(17)19(28)11-16/h6-7,10-12,14-15H,8-9,13H2,1-5H3/t15-/m0/s1. The topological polar surface area (TPSA) is 76.4 Å². The fourth-order valence-corrected chi connectivity index (χ4v) is 4.86. The molecule has 4 aromatic rings. The third-order valence-corrected chi connectivity index (χ3v) is 6.61. The second-order valence-electron chi connectivity index (χ2n) is 10.2. The van der Waals surface area contributed by atoms with Crippen molar-refractivity contribution in [1.82, 2.24) is 24.6 Å². The summed E-state index contributed by atoms with van der Waals surface area (Å²) in [5.74, 6) is -0.397. The number of pyridine rings is 2. The average molecular weight is 511 g/mol. The first-order valence-electron chi connectivity index (χ1n) is 11.8. The molecular formula is C26H28ClFN6O2. The molecule has 1 aliphatic heterocycles. The van der Waals surface area contributed by atoms with E-state index in [4.69, 9.17) is 16.3 Å². The maximum Gasteiger partial charge on any atom is 0.410 e. The molecule has 1 aromatic carbocycles. The van der Waals surface area contributed by atoms with Gasteiger partial charge in [0.25, 0.3) is 0 Å². The lowest BCUT2D eigenvalue weighted by molar-refractivity contribution is 0.0159. The fourth-order valence-electron chi connectivity index (χ4n) is 4.54. The Balaban J connectivity index is 1.40. The Morgan fingerprint density at radius 1 is 1.22 bits per heavy atom. The number of amides is 1. The molecule has 8 nitrogen and oxygen atoms in total. The molecule has 10 heteroatoms. The number of aryl methyl sites for hydroxylation is 1. The Kier molecular flexibility index (Phi) is 5.98. The number of nitrogens with zero attached hydrogens (tertiary/aromatic N) is 6. The van der Waals surface area contributed by atoms with E-state index < -0.39 is 11.4 Å². The predicted molar refractivity (Wildman–Crippen MR) is 139 cm³/mol. The summed E-state index contributed by atoms with van der Waals surface area (Å²) in [7, 11) is 1.76. The molecule has 0 saturated carbocycles. The minimum Gasteiger partial charge on any atom is -0.444 e. The molecule has 0 aliphatic carbocycles. The Hall–Kier alpha value is -3.46. The summed E-state index contributed by atoms with van der Waals surface area (Å²) in [6.45, 7) is 9.29. The van der Waals surface area contributed by atoms with Gasteiger partial charge >= 0.3 is 6.09 Å². The van der Waals surface area contributed by atoms with Crippen LogP contribution in [0.5, 0.6) is 0 Å². The van der Waals surface area contributed by atoms with Gasteiger partial charge in [-0.1, -0.05) is 11.6 Å². The lowest BCUT2D eigenvalue weighted by atomic mass is 10.1. The van der Waals surface area contributed by atoms with E-state index in [9.17, 15) is 9.18 Å². The quantitative estimate of drug-likeness (QED) is 0.358. The summed E-state index contributed by atoms with van der Waals surface area (Å²) in [5.41, 5.74) is 2.30. The second-order valence-corrected chi connectivity index (χ2v) is 10.6.